The van der Waals surface area contributed by atoms with E-state index in [4.69, 9.17) is 10.2 Å². The van der Waals surface area contributed by atoms with Gasteiger partial charge in [-0.2, -0.15) is 0 Å². The molecule has 11 heavy (non-hydrogen) atoms. The first-order valence-electron chi connectivity index (χ1n) is 2.84. The predicted molar refractivity (Wildman–Crippen MR) is 36.9 cm³/mol. The monoisotopic (exact) mass is 157 g/mol. The summed E-state index contributed by atoms with van der Waals surface area (Å²) in [6, 6.07) is 1.04. The molecule has 60 valence electrons. The van der Waals surface area contributed by atoms with Gasteiger partial charge in [-0.15, -0.1) is 0 Å². The van der Waals surface area contributed by atoms with Crippen molar-refractivity contribution in [3.63, 3.8) is 0 Å². The minimum absolute atomic E-state index is 0.0498. The van der Waals surface area contributed by atoms with Gasteiger partial charge in [0.25, 0.3) is 5.56 Å². The fourth-order valence-corrected chi connectivity index (χ4v) is 0.672. The minimum Gasteiger partial charge on any atom is -0.501 e. The molecule has 1 aromatic heterocycles. The van der Waals surface area contributed by atoms with Crippen LogP contribution in [0.4, 0.5) is 0 Å². The van der Waals surface area contributed by atoms with Crippen LogP contribution in [0, 0.1) is 0 Å². The van der Waals surface area contributed by atoms with Crippen LogP contribution in [0.15, 0.2) is 10.9 Å². The standard InChI is InChI=1S/C6H7NO4/c1-11-3-2-4(8)7-6(10)5(3)9/h2,9H,1H3,(H2,7,8,10). The normalized spacial score (nSPS) is 9.55. The molecule has 0 atom stereocenters. The summed E-state index contributed by atoms with van der Waals surface area (Å²) in [5.41, 5.74) is -0.530. The SMILES string of the molecule is COc1cc(=O)[nH]c(O)c1O. The van der Waals surface area contributed by atoms with Gasteiger partial charge in [0.1, 0.15) is 0 Å². The first kappa shape index (κ1) is 7.46. The maximum atomic E-state index is 10.6. The van der Waals surface area contributed by atoms with Gasteiger partial charge in [0.15, 0.2) is 5.75 Å². The smallest absolute Gasteiger partial charge is 0.254 e. The molecule has 0 aliphatic carbocycles. The lowest BCUT2D eigenvalue weighted by Crippen LogP contribution is -2.03. The number of nitrogens with one attached hydrogen (secondary N) is 1. The van der Waals surface area contributed by atoms with Crippen LogP contribution in [0.25, 0.3) is 0 Å². The minimum atomic E-state index is -0.589. The van der Waals surface area contributed by atoms with Gasteiger partial charge in [-0.3, -0.25) is 9.78 Å². The molecule has 0 aliphatic heterocycles. The number of aromatic hydroxyl groups is 2. The molecule has 3 N–H and O–H groups in total. The summed E-state index contributed by atoms with van der Waals surface area (Å²) in [6.45, 7) is 0. The second-order valence-electron chi connectivity index (χ2n) is 1.90. The third kappa shape index (κ3) is 1.26. The van der Waals surface area contributed by atoms with Crippen LogP contribution in [0.1, 0.15) is 0 Å². The molecule has 0 amide bonds. The summed E-state index contributed by atoms with van der Waals surface area (Å²) in [5.74, 6) is -1.10. The highest BCUT2D eigenvalue weighted by Gasteiger charge is 2.07. The molecule has 0 saturated carbocycles. The number of hydrogen-bond acceptors (Lipinski definition) is 4. The van der Waals surface area contributed by atoms with Crippen LogP contribution in [-0.4, -0.2) is 22.3 Å². The number of aromatic amines is 1. The van der Waals surface area contributed by atoms with Gasteiger partial charge in [0.2, 0.25) is 11.6 Å². The summed E-state index contributed by atoms with van der Waals surface area (Å²) < 4.78 is 4.58. The van der Waals surface area contributed by atoms with Gasteiger partial charge in [-0.1, -0.05) is 0 Å². The van der Waals surface area contributed by atoms with E-state index in [0.29, 0.717) is 0 Å². The zero-order valence-electron chi connectivity index (χ0n) is 5.79. The van der Waals surface area contributed by atoms with E-state index >= 15 is 0 Å². The quantitative estimate of drug-likeness (QED) is 0.527. The fourth-order valence-electron chi connectivity index (χ4n) is 0.672. The van der Waals surface area contributed by atoms with Crippen molar-refractivity contribution < 1.29 is 14.9 Å². The van der Waals surface area contributed by atoms with Crippen molar-refractivity contribution in [1.82, 2.24) is 4.98 Å². The van der Waals surface area contributed by atoms with Gasteiger partial charge in [-0.05, 0) is 0 Å². The Morgan fingerprint density at radius 3 is 2.73 bits per heavy atom. The summed E-state index contributed by atoms with van der Waals surface area (Å²) in [7, 11) is 1.29. The van der Waals surface area contributed by atoms with Gasteiger partial charge in [0, 0.05) is 6.07 Å². The number of hydrogen-bond donors (Lipinski definition) is 3. The van der Waals surface area contributed by atoms with E-state index in [1.54, 1.807) is 0 Å². The molecule has 0 bridgehead atoms. The molecule has 0 aromatic carbocycles. The van der Waals surface area contributed by atoms with Crippen molar-refractivity contribution in [2.45, 2.75) is 0 Å². The van der Waals surface area contributed by atoms with E-state index in [1.165, 1.54) is 7.11 Å². The number of rotatable bonds is 1. The Kier molecular flexibility index (Phi) is 1.72. The van der Waals surface area contributed by atoms with E-state index in [0.717, 1.165) is 6.07 Å². The van der Waals surface area contributed by atoms with Crippen molar-refractivity contribution >= 4 is 0 Å². The fraction of sp³-hybridized carbons (Fsp3) is 0.167. The Morgan fingerprint density at radius 2 is 2.18 bits per heavy atom. The van der Waals surface area contributed by atoms with Crippen molar-refractivity contribution in [3.8, 4) is 17.4 Å². The summed E-state index contributed by atoms with van der Waals surface area (Å²) in [4.78, 5) is 12.6. The van der Waals surface area contributed by atoms with Crippen LogP contribution in [0.5, 0.6) is 17.4 Å². The molecule has 0 fully saturated rings. The van der Waals surface area contributed by atoms with Crippen LogP contribution >= 0.6 is 0 Å². The molecular weight excluding hydrogens is 150 g/mol. The van der Waals surface area contributed by atoms with Crippen LogP contribution in [-0.2, 0) is 0 Å². The van der Waals surface area contributed by atoms with Gasteiger partial charge in [-0.25, -0.2) is 0 Å². The number of methoxy groups -OCH3 is 1. The van der Waals surface area contributed by atoms with Crippen molar-refractivity contribution in [2.24, 2.45) is 0 Å². The van der Waals surface area contributed by atoms with Gasteiger partial charge >= 0.3 is 0 Å². The highest BCUT2D eigenvalue weighted by Crippen LogP contribution is 2.30. The average Bonchev–Trinajstić information content (AvgIpc) is 1.96. The lowest BCUT2D eigenvalue weighted by molar-refractivity contribution is 0.342. The Hall–Kier alpha value is -1.65. The topological polar surface area (TPSA) is 82.6 Å². The molecule has 0 unspecified atom stereocenters. The second-order valence-corrected chi connectivity index (χ2v) is 1.90. The maximum Gasteiger partial charge on any atom is 0.254 e. The second kappa shape index (κ2) is 2.53. The maximum absolute atomic E-state index is 10.6. The molecular formula is C6H7NO4. The van der Waals surface area contributed by atoms with Crippen LogP contribution in [0.3, 0.4) is 0 Å². The lowest BCUT2D eigenvalue weighted by Gasteiger charge is -2.01. The van der Waals surface area contributed by atoms with E-state index in [-0.39, 0.29) is 5.75 Å². The van der Waals surface area contributed by atoms with E-state index in [9.17, 15) is 4.79 Å². The van der Waals surface area contributed by atoms with Gasteiger partial charge in [0.05, 0.1) is 7.11 Å². The molecule has 1 rings (SSSR count). The van der Waals surface area contributed by atoms with E-state index < -0.39 is 17.2 Å². The summed E-state index contributed by atoms with van der Waals surface area (Å²) >= 11 is 0. The Morgan fingerprint density at radius 1 is 1.55 bits per heavy atom. The Labute approximate surface area is 61.9 Å². The number of aromatic nitrogens is 1. The largest absolute Gasteiger partial charge is 0.501 e. The zero-order valence-corrected chi connectivity index (χ0v) is 5.79. The molecule has 0 saturated heterocycles. The van der Waals surface area contributed by atoms with Gasteiger partial charge < -0.3 is 14.9 Å². The molecule has 5 nitrogen and oxygen atoms in total. The molecule has 1 aromatic rings. The average molecular weight is 157 g/mol. The molecule has 5 heteroatoms. The first-order valence-corrected chi connectivity index (χ1v) is 2.84. The van der Waals surface area contributed by atoms with E-state index in [2.05, 4.69) is 4.74 Å². The lowest BCUT2D eigenvalue weighted by atomic mass is 10.4. The van der Waals surface area contributed by atoms with E-state index in [1.807, 2.05) is 4.98 Å². The Balaban J connectivity index is 3.36. The highest BCUT2D eigenvalue weighted by atomic mass is 16.5. The third-order valence-corrected chi connectivity index (χ3v) is 1.18. The number of H-pyrrole nitrogens is 1. The molecule has 0 radical (unpaired) electrons. The number of pyridine rings is 1. The molecule has 0 aliphatic rings. The summed E-state index contributed by atoms with van der Waals surface area (Å²) in [5, 5.41) is 17.8. The molecule has 0 spiro atoms. The summed E-state index contributed by atoms with van der Waals surface area (Å²) in [6.07, 6.45) is 0. The predicted octanol–water partition coefficient (Wildman–Crippen LogP) is -0.205. The Bertz CT molecular complexity index is 317. The zero-order chi connectivity index (χ0) is 8.43. The highest BCUT2D eigenvalue weighted by molar-refractivity contribution is 5.44. The first-order chi connectivity index (χ1) is 5.15. The number of ether oxygens (including phenoxy) is 1. The van der Waals surface area contributed by atoms with Crippen LogP contribution < -0.4 is 10.3 Å². The van der Waals surface area contributed by atoms with Crippen molar-refractivity contribution in [2.75, 3.05) is 7.11 Å². The van der Waals surface area contributed by atoms with Crippen LogP contribution in [0.2, 0.25) is 0 Å². The van der Waals surface area contributed by atoms with Crippen molar-refractivity contribution in [3.05, 3.63) is 16.4 Å². The van der Waals surface area contributed by atoms with Crippen molar-refractivity contribution in [1.29, 1.82) is 0 Å². The third-order valence-electron chi connectivity index (χ3n) is 1.18. The molecule has 1 heterocycles.